The van der Waals surface area contributed by atoms with Gasteiger partial charge in [-0.15, -0.1) is 0 Å². The molecule has 0 bridgehead atoms. The van der Waals surface area contributed by atoms with Gasteiger partial charge in [-0.3, -0.25) is 9.59 Å². The van der Waals surface area contributed by atoms with Gasteiger partial charge in [0.1, 0.15) is 12.4 Å². The van der Waals surface area contributed by atoms with Crippen molar-refractivity contribution < 1.29 is 18.7 Å². The van der Waals surface area contributed by atoms with Gasteiger partial charge < -0.3 is 9.15 Å². The number of allylic oxidation sites excluding steroid dienone is 1. The summed E-state index contributed by atoms with van der Waals surface area (Å²) in [6, 6.07) is 1.72. The first-order chi connectivity index (χ1) is 11.4. The summed E-state index contributed by atoms with van der Waals surface area (Å²) >= 11 is 0. The number of hydrogen-bond acceptors (Lipinski definition) is 4. The zero-order valence-electron chi connectivity index (χ0n) is 14.5. The lowest BCUT2D eigenvalue weighted by atomic mass is 9.48. The van der Waals surface area contributed by atoms with E-state index in [0.29, 0.717) is 12.0 Å². The van der Waals surface area contributed by atoms with Crippen molar-refractivity contribution in [3.63, 3.8) is 0 Å². The van der Waals surface area contributed by atoms with Crippen LogP contribution in [0, 0.1) is 22.7 Å². The smallest absolute Gasteiger partial charge is 0.312 e. The van der Waals surface area contributed by atoms with E-state index in [1.807, 2.05) is 0 Å². The van der Waals surface area contributed by atoms with Crippen molar-refractivity contribution in [1.82, 2.24) is 0 Å². The van der Waals surface area contributed by atoms with E-state index in [9.17, 15) is 9.59 Å². The molecule has 1 saturated carbocycles. The molecule has 2 heterocycles. The molecule has 0 amide bonds. The maximum Gasteiger partial charge on any atom is 0.312 e. The Bertz CT molecular complexity index is 716. The molecule has 2 aliphatic carbocycles. The maximum atomic E-state index is 12.7. The van der Waals surface area contributed by atoms with Crippen molar-refractivity contribution in [1.29, 1.82) is 0 Å². The molecular weight excluding hydrogens is 304 g/mol. The third kappa shape index (κ3) is 1.98. The van der Waals surface area contributed by atoms with Gasteiger partial charge in [-0.1, -0.05) is 18.9 Å². The maximum absolute atomic E-state index is 12.7. The highest BCUT2D eigenvalue weighted by molar-refractivity contribution is 5.96. The summed E-state index contributed by atoms with van der Waals surface area (Å²) < 4.78 is 10.8. The lowest BCUT2D eigenvalue weighted by Gasteiger charge is -2.54. The van der Waals surface area contributed by atoms with Crippen LogP contribution < -0.4 is 0 Å². The predicted octanol–water partition coefficient (Wildman–Crippen LogP) is 4.17. The van der Waals surface area contributed by atoms with Crippen LogP contribution in [0.15, 0.2) is 34.7 Å². The second-order valence-electron chi connectivity index (χ2n) is 8.23. The highest BCUT2D eigenvalue weighted by Gasteiger charge is 2.65. The van der Waals surface area contributed by atoms with Crippen LogP contribution >= 0.6 is 0 Å². The summed E-state index contributed by atoms with van der Waals surface area (Å²) in [4.78, 5) is 25.2. The third-order valence-electron chi connectivity index (χ3n) is 6.85. The molecule has 1 saturated heterocycles. The van der Waals surface area contributed by atoms with Crippen LogP contribution in [-0.2, 0) is 9.53 Å². The number of rotatable bonds is 3. The number of furan rings is 1. The second kappa shape index (κ2) is 5.08. The molecule has 4 rings (SSSR count). The van der Waals surface area contributed by atoms with Crippen LogP contribution in [0.5, 0.6) is 0 Å². The minimum atomic E-state index is -0.411. The van der Waals surface area contributed by atoms with E-state index < -0.39 is 5.41 Å². The second-order valence-corrected chi connectivity index (χ2v) is 8.23. The number of carbonyl (C=O) groups is 2. The molecule has 0 radical (unpaired) electrons. The molecule has 1 aromatic heterocycles. The average molecular weight is 328 g/mol. The molecular formula is C20H24O4. The third-order valence-corrected chi connectivity index (χ3v) is 6.85. The number of carbonyl (C=O) groups excluding carboxylic acids is 2. The average Bonchev–Trinajstić information content (AvgIpc) is 3.12. The van der Waals surface area contributed by atoms with Crippen molar-refractivity contribution in [3.8, 4) is 0 Å². The Morgan fingerprint density at radius 1 is 1.33 bits per heavy atom. The van der Waals surface area contributed by atoms with Crippen LogP contribution in [0.3, 0.4) is 0 Å². The molecule has 1 aliphatic heterocycles. The lowest BCUT2D eigenvalue weighted by Crippen LogP contribution is -2.52. The molecule has 24 heavy (non-hydrogen) atoms. The Morgan fingerprint density at radius 2 is 2.12 bits per heavy atom. The van der Waals surface area contributed by atoms with Crippen LogP contribution in [0.2, 0.25) is 0 Å². The Morgan fingerprint density at radius 3 is 2.83 bits per heavy atom. The molecule has 0 unspecified atom stereocenters. The van der Waals surface area contributed by atoms with Gasteiger partial charge in [0.05, 0.1) is 17.2 Å². The molecule has 3 aliphatic rings. The molecule has 128 valence electrons. The molecule has 0 N–H and O–H groups in total. The molecule has 0 aromatic carbocycles. The monoisotopic (exact) mass is 328 g/mol. The van der Waals surface area contributed by atoms with Crippen molar-refractivity contribution in [2.75, 3.05) is 0 Å². The zero-order chi connectivity index (χ0) is 17.1. The van der Waals surface area contributed by atoms with E-state index >= 15 is 0 Å². The fourth-order valence-electron chi connectivity index (χ4n) is 5.71. The Hall–Kier alpha value is -1.84. The first-order valence-corrected chi connectivity index (χ1v) is 8.81. The Kier molecular flexibility index (Phi) is 3.32. The van der Waals surface area contributed by atoms with E-state index in [1.165, 1.54) is 18.1 Å². The van der Waals surface area contributed by atoms with Gasteiger partial charge in [-0.2, -0.15) is 0 Å². The van der Waals surface area contributed by atoms with Crippen molar-refractivity contribution in [2.24, 2.45) is 22.7 Å². The van der Waals surface area contributed by atoms with Gasteiger partial charge in [0.2, 0.25) is 0 Å². The molecule has 4 nitrogen and oxygen atoms in total. The summed E-state index contributed by atoms with van der Waals surface area (Å²) in [5.41, 5.74) is 1.31. The van der Waals surface area contributed by atoms with Crippen molar-refractivity contribution >= 4 is 11.8 Å². The summed E-state index contributed by atoms with van der Waals surface area (Å²) in [6.07, 6.45) is 8.41. The molecule has 1 aromatic rings. The highest BCUT2D eigenvalue weighted by atomic mass is 16.6. The van der Waals surface area contributed by atoms with E-state index in [0.717, 1.165) is 19.3 Å². The number of Topliss-reactive ketones (excluding diaryl/α,β-unsaturated/α-hetero) is 1. The fraction of sp³-hybridized carbons (Fsp3) is 0.600. The van der Waals surface area contributed by atoms with Crippen LogP contribution in [0.1, 0.15) is 56.8 Å². The van der Waals surface area contributed by atoms with Gasteiger partial charge in [0.25, 0.3) is 0 Å². The minimum absolute atomic E-state index is 0.0608. The molecule has 4 heteroatoms. The number of ether oxygens (including phenoxy) is 1. The summed E-state index contributed by atoms with van der Waals surface area (Å²) in [7, 11) is 0. The first kappa shape index (κ1) is 15.7. The fourth-order valence-corrected chi connectivity index (χ4v) is 5.71. The van der Waals surface area contributed by atoms with Crippen LogP contribution in [0.25, 0.3) is 0 Å². The van der Waals surface area contributed by atoms with Gasteiger partial charge in [-0.05, 0) is 50.2 Å². The Labute approximate surface area is 142 Å². The van der Waals surface area contributed by atoms with Crippen LogP contribution in [0.4, 0.5) is 0 Å². The summed E-state index contributed by atoms with van der Waals surface area (Å²) in [5.74, 6) is 0.361. The SMILES string of the molecule is CC1=C[C@@H]2OC(=O)[C@@]3(C)CCC[C@@](C)([C@@H]23)[C@H]1CC(=O)c1ccoc1. The Balaban J connectivity index is 1.72. The number of ketones is 1. The minimum Gasteiger partial charge on any atom is -0.472 e. The molecule has 0 spiro atoms. The van der Waals surface area contributed by atoms with E-state index in [1.54, 1.807) is 6.07 Å². The topological polar surface area (TPSA) is 56.5 Å². The van der Waals surface area contributed by atoms with Gasteiger partial charge in [0.15, 0.2) is 5.78 Å². The van der Waals surface area contributed by atoms with Crippen molar-refractivity contribution in [2.45, 2.75) is 52.6 Å². The lowest BCUT2D eigenvalue weighted by molar-refractivity contribution is -0.148. The summed E-state index contributed by atoms with van der Waals surface area (Å²) in [6.45, 7) is 6.39. The van der Waals surface area contributed by atoms with Crippen LogP contribution in [-0.4, -0.2) is 17.9 Å². The number of hydrogen-bond donors (Lipinski definition) is 0. The predicted molar refractivity (Wildman–Crippen MR) is 88.3 cm³/mol. The first-order valence-electron chi connectivity index (χ1n) is 8.81. The number of esters is 1. The van der Waals surface area contributed by atoms with E-state index in [-0.39, 0.29) is 35.1 Å². The van der Waals surface area contributed by atoms with Gasteiger partial charge >= 0.3 is 5.97 Å². The van der Waals surface area contributed by atoms with E-state index in [4.69, 9.17) is 9.15 Å². The summed E-state index contributed by atoms with van der Waals surface area (Å²) in [5, 5.41) is 0. The zero-order valence-corrected chi connectivity index (χ0v) is 14.5. The van der Waals surface area contributed by atoms with E-state index in [2.05, 4.69) is 26.8 Å². The molecule has 2 fully saturated rings. The van der Waals surface area contributed by atoms with Crippen molar-refractivity contribution in [3.05, 3.63) is 35.8 Å². The van der Waals surface area contributed by atoms with Gasteiger partial charge in [-0.25, -0.2) is 0 Å². The standard InChI is InChI=1S/C20H24O4/c1-12-9-16-17-19(2,6-4-7-20(17,3)18(22)24-16)14(12)10-15(21)13-5-8-23-11-13/h5,8-9,11,14,16-17H,4,6-7,10H2,1-3H3/t14-,16-,17+,19+,20-/m0/s1. The van der Waals surface area contributed by atoms with Gasteiger partial charge in [0, 0.05) is 12.3 Å². The highest BCUT2D eigenvalue weighted by Crippen LogP contribution is 2.64. The molecule has 5 atom stereocenters. The largest absolute Gasteiger partial charge is 0.472 e. The quantitative estimate of drug-likeness (QED) is 0.475. The normalized spacial score (nSPS) is 40.7.